The number of carbonyl (C=O) groups is 3. The molecule has 0 amide bonds. The van der Waals surface area contributed by atoms with Crippen molar-refractivity contribution in [3.63, 3.8) is 0 Å². The number of rotatable bonds is 6. The normalized spacial score (nSPS) is 13.2. The number of aromatic nitrogens is 3. The van der Waals surface area contributed by atoms with Crippen LogP contribution in [-0.2, 0) is 35.6 Å². The molecule has 28 heteroatoms. The van der Waals surface area contributed by atoms with Gasteiger partial charge in [0.1, 0.15) is 17.1 Å². The van der Waals surface area contributed by atoms with Gasteiger partial charge in [-0.3, -0.25) is 29.3 Å². The summed E-state index contributed by atoms with van der Waals surface area (Å²) in [6.07, 6.45) is -28.6. The number of allylic oxidation sites excluding steroid dienone is 6. The molecule has 58 heavy (non-hydrogen) atoms. The van der Waals surface area contributed by atoms with Crippen LogP contribution in [0.1, 0.15) is 48.2 Å². The van der Waals surface area contributed by atoms with Gasteiger partial charge in [0.25, 0.3) is 0 Å². The van der Waals surface area contributed by atoms with E-state index in [0.29, 0.717) is 36.8 Å². The van der Waals surface area contributed by atoms with Crippen LogP contribution in [0.4, 0.5) is 79.0 Å². The molecule has 0 aliphatic carbocycles. The molecule has 0 atom stereocenters. The SMILES string of the molecule is O=C(C=C(O)C(F)(F)F)c1ccnc(C(F)(F)F)c1.O=C(C=C(O)C(F)(F)F)c1ccnc(C(F)(F)F)c1.O=C(C=C(O)C(F)(F)F)c1ccnc(C(F)(F)F)c1.[Fe]. The molecule has 0 aromatic carbocycles. The Morgan fingerprint density at radius 3 is 0.759 bits per heavy atom. The Morgan fingerprint density at radius 2 is 0.603 bits per heavy atom. The Bertz CT molecular complexity index is 1790. The van der Waals surface area contributed by atoms with E-state index in [1.165, 1.54) is 0 Å². The van der Waals surface area contributed by atoms with E-state index in [2.05, 4.69) is 15.0 Å². The van der Waals surface area contributed by atoms with Crippen LogP contribution >= 0.6 is 0 Å². The minimum absolute atomic E-state index is 0. The Morgan fingerprint density at radius 1 is 0.414 bits per heavy atom. The van der Waals surface area contributed by atoms with Gasteiger partial charge in [-0.25, -0.2) is 0 Å². The van der Waals surface area contributed by atoms with Crippen molar-refractivity contribution >= 4 is 17.3 Å². The maximum atomic E-state index is 12.3. The Hall–Kier alpha value is -5.66. The first-order valence-corrected chi connectivity index (χ1v) is 13.7. The number of ketones is 3. The van der Waals surface area contributed by atoms with Crippen LogP contribution in [-0.4, -0.2) is 66.2 Å². The van der Waals surface area contributed by atoms with Crippen LogP contribution in [0.3, 0.4) is 0 Å². The summed E-state index contributed by atoms with van der Waals surface area (Å²) in [4.78, 5) is 42.6. The molecule has 0 bridgehead atoms. The van der Waals surface area contributed by atoms with Crippen molar-refractivity contribution < 1.29 is 126 Å². The molecule has 0 radical (unpaired) electrons. The van der Waals surface area contributed by atoms with Crippen molar-refractivity contribution in [2.24, 2.45) is 0 Å². The third-order valence-corrected chi connectivity index (χ3v) is 5.68. The number of hydrogen-bond acceptors (Lipinski definition) is 9. The molecule has 320 valence electrons. The average molecular weight is 911 g/mol. The summed E-state index contributed by atoms with van der Waals surface area (Å²) in [5, 5.41) is 25.6. The van der Waals surface area contributed by atoms with Gasteiger partial charge < -0.3 is 15.3 Å². The zero-order chi connectivity index (χ0) is 44.5. The van der Waals surface area contributed by atoms with Crippen LogP contribution in [0.15, 0.2) is 90.5 Å². The molecule has 0 saturated heterocycles. The maximum absolute atomic E-state index is 12.3. The first-order chi connectivity index (χ1) is 25.5. The van der Waals surface area contributed by atoms with Gasteiger partial charge >= 0.3 is 37.1 Å². The third-order valence-electron chi connectivity index (χ3n) is 5.68. The monoisotopic (exact) mass is 911 g/mol. The van der Waals surface area contributed by atoms with Gasteiger partial charge in [-0.2, -0.15) is 79.0 Å². The summed E-state index contributed by atoms with van der Waals surface area (Å²) < 4.78 is 218. The van der Waals surface area contributed by atoms with Crippen molar-refractivity contribution in [2.75, 3.05) is 0 Å². The van der Waals surface area contributed by atoms with Crippen molar-refractivity contribution in [2.45, 2.75) is 37.1 Å². The minimum atomic E-state index is -5.14. The number of aliphatic hydroxyl groups is 3. The summed E-state index contributed by atoms with van der Waals surface area (Å²) in [5.74, 6) is -10.8. The number of pyridine rings is 3. The first-order valence-electron chi connectivity index (χ1n) is 13.7. The van der Waals surface area contributed by atoms with Gasteiger partial charge in [-0.1, -0.05) is 0 Å². The molecule has 3 aromatic heterocycles. The van der Waals surface area contributed by atoms with Gasteiger partial charge in [0.15, 0.2) is 17.3 Å². The van der Waals surface area contributed by atoms with Crippen molar-refractivity contribution in [3.8, 4) is 0 Å². The molecule has 0 unspecified atom stereocenters. The number of aliphatic hydroxyl groups excluding tert-OH is 3. The van der Waals surface area contributed by atoms with E-state index in [4.69, 9.17) is 15.3 Å². The van der Waals surface area contributed by atoms with Gasteiger partial charge in [0.2, 0.25) is 17.3 Å². The van der Waals surface area contributed by atoms with Crippen molar-refractivity contribution in [1.29, 1.82) is 0 Å². The summed E-state index contributed by atoms with van der Waals surface area (Å²) in [6.45, 7) is 0. The molecule has 0 fully saturated rings. The Kier molecular flexibility index (Phi) is 17.7. The van der Waals surface area contributed by atoms with Crippen molar-refractivity contribution in [1.82, 2.24) is 15.0 Å². The third kappa shape index (κ3) is 17.2. The predicted octanol–water partition coefficient (Wildman–Crippen LogP) is 9.86. The molecule has 3 N–H and O–H groups in total. The van der Waals surface area contributed by atoms with Crippen LogP contribution in [0.5, 0.6) is 0 Å². The number of carbonyl (C=O) groups excluding carboxylic acids is 3. The fourth-order valence-corrected chi connectivity index (χ4v) is 3.08. The van der Waals surface area contributed by atoms with Crippen LogP contribution in [0.25, 0.3) is 0 Å². The largest absolute Gasteiger partial charge is 0.504 e. The van der Waals surface area contributed by atoms with Crippen LogP contribution in [0.2, 0.25) is 0 Å². The summed E-state index contributed by atoms with van der Waals surface area (Å²) in [6, 6.07) is 3.29. The minimum Gasteiger partial charge on any atom is -0.504 e. The van der Waals surface area contributed by atoms with E-state index in [9.17, 15) is 93.4 Å². The number of hydrogen-bond donors (Lipinski definition) is 3. The molecular weight excluding hydrogens is 896 g/mol. The van der Waals surface area contributed by atoms with E-state index in [1.807, 2.05) is 0 Å². The molecule has 0 spiro atoms. The molecule has 3 aromatic rings. The zero-order valence-corrected chi connectivity index (χ0v) is 28.1. The standard InChI is InChI=1S/3C10H5F6NO2.Fe/c3*11-9(12,13)7-3-5(1-2-17-7)6(18)4-8(19)10(14,15)16;/h3*1-4,19H;. The van der Waals surface area contributed by atoms with Gasteiger partial charge in [-0.05, 0) is 36.4 Å². The summed E-state index contributed by atoms with van der Waals surface area (Å²) in [7, 11) is 0. The smallest absolute Gasteiger partial charge is 0.448 e. The van der Waals surface area contributed by atoms with E-state index in [1.54, 1.807) is 0 Å². The van der Waals surface area contributed by atoms with Crippen molar-refractivity contribution in [3.05, 3.63) is 124 Å². The predicted molar refractivity (Wildman–Crippen MR) is 151 cm³/mol. The molecule has 3 rings (SSSR count). The van der Waals surface area contributed by atoms with Gasteiger partial charge in [0, 0.05) is 70.6 Å². The fourth-order valence-electron chi connectivity index (χ4n) is 3.08. The quantitative estimate of drug-likeness (QED) is 0.0722. The molecule has 0 aliphatic rings. The summed E-state index contributed by atoms with van der Waals surface area (Å²) in [5.41, 5.74) is -6.26. The summed E-state index contributed by atoms with van der Waals surface area (Å²) >= 11 is 0. The molecule has 9 nitrogen and oxygen atoms in total. The second-order valence-corrected chi connectivity index (χ2v) is 9.96. The number of halogens is 18. The van der Waals surface area contributed by atoms with Crippen LogP contribution in [0, 0.1) is 0 Å². The second kappa shape index (κ2) is 19.7. The Labute approximate surface area is 319 Å². The van der Waals surface area contributed by atoms with E-state index < -0.39 is 105 Å². The van der Waals surface area contributed by atoms with Gasteiger partial charge in [0.05, 0.1) is 0 Å². The van der Waals surface area contributed by atoms with E-state index in [-0.39, 0.29) is 35.3 Å². The molecule has 0 saturated carbocycles. The van der Waals surface area contributed by atoms with E-state index in [0.717, 1.165) is 18.2 Å². The fraction of sp³-hybridized carbons (Fsp3) is 0.200. The first kappa shape index (κ1) is 52.3. The number of nitrogens with zero attached hydrogens (tertiary/aromatic N) is 3. The van der Waals surface area contributed by atoms with E-state index >= 15 is 0 Å². The molecule has 0 aliphatic heterocycles. The number of alkyl halides is 18. The average Bonchev–Trinajstić information content (AvgIpc) is 3.06. The molecular formula is C30H15F18FeN3O6. The van der Waals surface area contributed by atoms with Crippen LogP contribution < -0.4 is 0 Å². The second-order valence-electron chi connectivity index (χ2n) is 9.96. The maximum Gasteiger partial charge on any atom is 0.448 e. The topological polar surface area (TPSA) is 151 Å². The molecule has 3 heterocycles. The zero-order valence-electron chi connectivity index (χ0n) is 27.0. The Balaban J connectivity index is 0.000000833. The van der Waals surface area contributed by atoms with Gasteiger partial charge in [-0.15, -0.1) is 0 Å².